The molecule has 0 radical (unpaired) electrons. The van der Waals surface area contributed by atoms with Gasteiger partial charge < -0.3 is 4.57 Å². The lowest BCUT2D eigenvalue weighted by molar-refractivity contribution is 0.979. The molecule has 7 nitrogen and oxygen atoms in total. The smallest absolute Gasteiger partial charge is 0.221 e. The number of para-hydroxylation sites is 5. The fourth-order valence-corrected chi connectivity index (χ4v) is 22.1. The molecular formula is C83H57N7S2. The van der Waals surface area contributed by atoms with Gasteiger partial charge in [0.05, 0.1) is 44.1 Å². The minimum Gasteiger partial charge on any atom is -0.309 e. The molecule has 13 aromatic carbocycles. The van der Waals surface area contributed by atoms with Gasteiger partial charge in [-0.15, -0.1) is 20.1 Å². The Hall–Kier alpha value is -11.5. The number of aromatic nitrogens is 7. The average Bonchev–Trinajstić information content (AvgIpc) is 1.48. The van der Waals surface area contributed by atoms with Gasteiger partial charge in [0.1, 0.15) is 11.6 Å². The summed E-state index contributed by atoms with van der Waals surface area (Å²) in [5.41, 5.74) is 10.1. The summed E-state index contributed by atoms with van der Waals surface area (Å²) in [5.74, 6) is 2.75. The number of imidazole rings is 2. The minimum absolute atomic E-state index is 0.580. The van der Waals surface area contributed by atoms with Crippen LogP contribution in [0.25, 0.3) is 100 Å². The fraction of sp³-hybridized carbons (Fsp3) is 0. The van der Waals surface area contributed by atoms with E-state index in [2.05, 4.69) is 364 Å². The van der Waals surface area contributed by atoms with Crippen molar-refractivity contribution >= 4 is 91.5 Å². The van der Waals surface area contributed by atoms with E-state index in [-0.39, 0.29) is 0 Å². The van der Waals surface area contributed by atoms with E-state index in [1.54, 1.807) is 0 Å². The third-order valence-corrected chi connectivity index (χ3v) is 26.0. The van der Waals surface area contributed by atoms with Gasteiger partial charge in [-0.25, -0.2) is 15.0 Å². The molecular weight excluding hydrogens is 1160 g/mol. The molecule has 18 aromatic rings. The van der Waals surface area contributed by atoms with E-state index in [1.807, 2.05) is 0 Å². The number of nitrogens with zero attached hydrogens (tertiary/aromatic N) is 7. The molecule has 0 saturated carbocycles. The third-order valence-electron chi connectivity index (χ3n) is 18.2. The fourth-order valence-electron chi connectivity index (χ4n) is 14.3. The van der Waals surface area contributed by atoms with Crippen molar-refractivity contribution in [3.63, 3.8) is 0 Å². The highest BCUT2D eigenvalue weighted by Crippen LogP contribution is 2.75. The predicted octanol–water partition coefficient (Wildman–Crippen LogP) is 21.8. The Kier molecular flexibility index (Phi) is 12.6. The average molecular weight is 1220 g/mol. The van der Waals surface area contributed by atoms with E-state index in [4.69, 9.17) is 15.0 Å². The monoisotopic (exact) mass is 1220 g/mol. The van der Waals surface area contributed by atoms with Crippen LogP contribution in [0.1, 0.15) is 0 Å². The molecule has 9 heteroatoms. The van der Waals surface area contributed by atoms with E-state index in [9.17, 15) is 0 Å². The maximum absolute atomic E-state index is 5.78. The summed E-state index contributed by atoms with van der Waals surface area (Å²) in [5, 5.41) is 4.67. The van der Waals surface area contributed by atoms with Crippen LogP contribution < -0.4 is 0 Å². The first-order valence-corrected chi connectivity index (χ1v) is 34.3. The van der Waals surface area contributed by atoms with Gasteiger partial charge in [-0.2, -0.15) is 0 Å². The number of rotatable bonds is 12. The molecule has 0 amide bonds. The van der Waals surface area contributed by atoms with Gasteiger partial charge >= 0.3 is 0 Å². The Balaban J connectivity index is 0.920. The predicted molar refractivity (Wildman–Crippen MR) is 379 cm³/mol. The van der Waals surface area contributed by atoms with Gasteiger partial charge in [-0.3, -0.25) is 13.5 Å². The van der Waals surface area contributed by atoms with Crippen LogP contribution in [0.3, 0.4) is 0 Å². The van der Waals surface area contributed by atoms with Gasteiger partial charge in [0.25, 0.3) is 0 Å². The van der Waals surface area contributed by atoms with Crippen LogP contribution in [-0.2, 0) is 0 Å². The summed E-state index contributed by atoms with van der Waals surface area (Å²) < 4.78 is 9.32. The zero-order valence-corrected chi connectivity index (χ0v) is 51.5. The largest absolute Gasteiger partial charge is 0.309 e. The quantitative estimate of drug-likeness (QED) is 0.122. The zero-order valence-electron chi connectivity index (χ0n) is 49.9. The highest BCUT2D eigenvalue weighted by atomic mass is 32.3. The SMILES string of the molecule is c1ccc(S(c2ccccc2)(c2ccccc2)c2ccc3c(c2)c2ccccc2n3-c2cc(-n3c4ccc(S(c5ccccc5)(c5ccccc5)c5ccccc5)cc4n4c5ccccc5nc34)nc(-c3cccc(-n4c5ccccc5c5ccccc54)c3)n2)cc1. The first kappa shape index (κ1) is 53.5. The molecule has 0 N–H and O–H groups in total. The lowest BCUT2D eigenvalue weighted by Gasteiger charge is -2.42. The molecule has 436 valence electrons. The molecule has 0 unspecified atom stereocenters. The summed E-state index contributed by atoms with van der Waals surface area (Å²) in [6.07, 6.45) is 0. The molecule has 0 spiro atoms. The first-order chi connectivity index (χ1) is 45.6. The Morgan fingerprint density at radius 2 is 0.620 bits per heavy atom. The Morgan fingerprint density at radius 3 is 1.12 bits per heavy atom. The number of fused-ring (bicyclic) bond motifs is 11. The summed E-state index contributed by atoms with van der Waals surface area (Å²) in [4.78, 5) is 27.1. The van der Waals surface area contributed by atoms with Crippen LogP contribution in [0.4, 0.5) is 0 Å². The van der Waals surface area contributed by atoms with Crippen LogP contribution in [0.5, 0.6) is 0 Å². The van der Waals surface area contributed by atoms with E-state index >= 15 is 0 Å². The highest BCUT2D eigenvalue weighted by Gasteiger charge is 2.36. The molecule has 0 aliphatic rings. The van der Waals surface area contributed by atoms with Crippen molar-refractivity contribution in [2.45, 2.75) is 39.2 Å². The second-order valence-electron chi connectivity index (χ2n) is 23.2. The highest BCUT2D eigenvalue weighted by molar-refractivity contribution is 8.34. The zero-order chi connectivity index (χ0) is 60.7. The van der Waals surface area contributed by atoms with Crippen molar-refractivity contribution in [3.05, 3.63) is 346 Å². The normalized spacial score (nSPS) is 12.5. The van der Waals surface area contributed by atoms with Crippen molar-refractivity contribution in [1.82, 2.24) is 33.1 Å². The molecule has 0 aliphatic heterocycles. The third kappa shape index (κ3) is 8.15. The van der Waals surface area contributed by atoms with E-state index in [1.165, 1.54) is 49.9 Å². The second kappa shape index (κ2) is 21.6. The Labute approximate surface area is 534 Å². The van der Waals surface area contributed by atoms with Gasteiger partial charge in [0.15, 0.2) is 5.82 Å². The van der Waals surface area contributed by atoms with Gasteiger partial charge in [0, 0.05) is 78.0 Å². The molecule has 0 fully saturated rings. The number of hydrogen-bond donors (Lipinski definition) is 0. The molecule has 18 rings (SSSR count). The number of benzene rings is 13. The van der Waals surface area contributed by atoms with E-state index in [0.29, 0.717) is 11.6 Å². The number of hydrogen-bond acceptors (Lipinski definition) is 3. The lowest BCUT2D eigenvalue weighted by Crippen LogP contribution is -2.07. The van der Waals surface area contributed by atoms with E-state index in [0.717, 1.165) is 77.8 Å². The van der Waals surface area contributed by atoms with Crippen molar-refractivity contribution in [2.75, 3.05) is 0 Å². The molecule has 92 heavy (non-hydrogen) atoms. The van der Waals surface area contributed by atoms with Crippen molar-refractivity contribution in [1.29, 1.82) is 0 Å². The van der Waals surface area contributed by atoms with Crippen LogP contribution in [-0.4, -0.2) is 33.1 Å². The molecule has 0 aliphatic carbocycles. The minimum atomic E-state index is -2.07. The molecule has 5 heterocycles. The van der Waals surface area contributed by atoms with Crippen LogP contribution >= 0.6 is 20.1 Å². The van der Waals surface area contributed by atoms with Crippen LogP contribution in [0.2, 0.25) is 0 Å². The summed E-state index contributed by atoms with van der Waals surface area (Å²) in [7, 11) is -4.08. The molecule has 0 saturated heterocycles. The van der Waals surface area contributed by atoms with E-state index < -0.39 is 20.1 Å². The first-order valence-electron chi connectivity index (χ1n) is 31.1. The summed E-state index contributed by atoms with van der Waals surface area (Å²) >= 11 is 0. The Morgan fingerprint density at radius 1 is 0.228 bits per heavy atom. The van der Waals surface area contributed by atoms with Gasteiger partial charge in [-0.05, 0) is 152 Å². The second-order valence-corrected chi connectivity index (χ2v) is 29.4. The lowest BCUT2D eigenvalue weighted by atomic mass is 10.1. The standard InChI is InChI=1S/C83H57N7S2/c1-7-30-60(31-8-1)91(61-32-9-2-10-33-61,62-34-11-3-12-35-62)66-50-52-76-71(55-66)70-44-21-25-48-75(70)88(76)80-57-81(86-82(85-80)58-28-27-29-59(54-58)87-73-46-23-19-42-68(73)69-43-20-24-47-74(69)87)90-78-53-51-67(56-79(78)89-77-49-26-22-45-72(77)84-83(89)90)92(63-36-13-4-14-37-63,64-38-15-5-16-39-64)65-40-17-6-18-41-65/h1-57H. The van der Waals surface area contributed by atoms with Crippen molar-refractivity contribution < 1.29 is 0 Å². The molecule has 5 aromatic heterocycles. The van der Waals surface area contributed by atoms with Crippen LogP contribution in [0, 0.1) is 0 Å². The summed E-state index contributed by atoms with van der Waals surface area (Å²) in [6, 6.07) is 126. The maximum atomic E-state index is 5.78. The van der Waals surface area contributed by atoms with Gasteiger partial charge in [-0.1, -0.05) is 188 Å². The topological polar surface area (TPSA) is 57.9 Å². The van der Waals surface area contributed by atoms with Crippen molar-refractivity contribution in [3.8, 4) is 28.7 Å². The molecule has 0 atom stereocenters. The maximum Gasteiger partial charge on any atom is 0.221 e. The van der Waals surface area contributed by atoms with Gasteiger partial charge in [0.2, 0.25) is 5.78 Å². The summed E-state index contributed by atoms with van der Waals surface area (Å²) in [6.45, 7) is 0. The van der Waals surface area contributed by atoms with Crippen LogP contribution in [0.15, 0.2) is 385 Å². The molecule has 0 bridgehead atoms. The van der Waals surface area contributed by atoms with Crippen molar-refractivity contribution in [2.24, 2.45) is 0 Å². The Bertz CT molecular complexity index is 5580.